The second-order valence-corrected chi connectivity index (χ2v) is 4.20. The summed E-state index contributed by atoms with van der Waals surface area (Å²) in [5, 5.41) is 3.20. The minimum Gasteiger partial charge on any atom is -0.379 e. The average Bonchev–Trinajstić information content (AvgIpc) is 2.46. The fourth-order valence-corrected chi connectivity index (χ4v) is 1.80. The Bertz CT molecular complexity index is 799. The monoisotopic (exact) mass is 268 g/mol. The van der Waals surface area contributed by atoms with E-state index in [0.717, 1.165) is 5.69 Å². The van der Waals surface area contributed by atoms with E-state index in [4.69, 9.17) is 5.73 Å². The molecule has 1 aromatic carbocycles. The molecule has 4 N–H and O–H groups in total. The zero-order chi connectivity index (χ0) is 13.9. The zero-order valence-corrected chi connectivity index (χ0v) is 10.5. The van der Waals surface area contributed by atoms with E-state index in [0.29, 0.717) is 12.2 Å². The number of anilines is 2. The van der Waals surface area contributed by atoms with Gasteiger partial charge in [-0.25, -0.2) is 9.97 Å². The van der Waals surface area contributed by atoms with E-state index in [1.54, 1.807) is 6.20 Å². The van der Waals surface area contributed by atoms with Gasteiger partial charge in [0.1, 0.15) is 0 Å². The molecule has 0 spiro atoms. The van der Waals surface area contributed by atoms with Crippen molar-refractivity contribution in [3.63, 3.8) is 0 Å². The maximum absolute atomic E-state index is 11.7. The smallest absolute Gasteiger partial charge is 0.280 e. The number of fused-ring (bicyclic) bond motifs is 1. The summed E-state index contributed by atoms with van der Waals surface area (Å²) in [7, 11) is 0. The first kappa shape index (κ1) is 12.1. The Labute approximate surface area is 113 Å². The van der Waals surface area contributed by atoms with Crippen LogP contribution in [0, 0.1) is 0 Å². The summed E-state index contributed by atoms with van der Waals surface area (Å²) in [5.74, 6) is 0.0342. The van der Waals surface area contributed by atoms with Crippen LogP contribution in [-0.2, 0) is 6.54 Å². The molecule has 3 rings (SSSR count). The fraction of sp³-hybridized carbons (Fsp3) is 0.0769. The molecule has 0 saturated carbocycles. The van der Waals surface area contributed by atoms with Gasteiger partial charge < -0.3 is 11.1 Å². The highest BCUT2D eigenvalue weighted by atomic mass is 16.1. The molecule has 0 atom stereocenters. The van der Waals surface area contributed by atoms with Gasteiger partial charge in [0.25, 0.3) is 5.56 Å². The minimum atomic E-state index is -0.387. The first-order valence-corrected chi connectivity index (χ1v) is 6.03. The summed E-state index contributed by atoms with van der Waals surface area (Å²) < 4.78 is 0. The molecule has 0 aliphatic carbocycles. The normalized spacial score (nSPS) is 10.6. The topological polar surface area (TPSA) is 110 Å². The number of nitrogens with two attached hydrogens (primary N) is 1. The first-order chi connectivity index (χ1) is 9.72. The predicted molar refractivity (Wildman–Crippen MR) is 76.1 cm³/mol. The minimum absolute atomic E-state index is 0.0342. The van der Waals surface area contributed by atoms with Crippen LogP contribution in [0.3, 0.4) is 0 Å². The molecule has 100 valence electrons. The van der Waals surface area contributed by atoms with Crippen LogP contribution in [0.4, 0.5) is 11.6 Å². The van der Waals surface area contributed by atoms with E-state index >= 15 is 0 Å². The van der Waals surface area contributed by atoms with Crippen LogP contribution in [0.2, 0.25) is 0 Å². The van der Waals surface area contributed by atoms with Crippen LogP contribution >= 0.6 is 0 Å². The third kappa shape index (κ3) is 2.41. The fourth-order valence-electron chi connectivity index (χ4n) is 1.80. The van der Waals surface area contributed by atoms with Crippen molar-refractivity contribution in [3.8, 4) is 0 Å². The largest absolute Gasteiger partial charge is 0.379 e. The number of aromatic nitrogens is 4. The van der Waals surface area contributed by atoms with Crippen molar-refractivity contribution < 1.29 is 0 Å². The van der Waals surface area contributed by atoms with Crippen molar-refractivity contribution in [2.45, 2.75) is 6.54 Å². The van der Waals surface area contributed by atoms with Crippen LogP contribution in [0.5, 0.6) is 0 Å². The number of H-pyrrole nitrogens is 1. The second kappa shape index (κ2) is 4.96. The van der Waals surface area contributed by atoms with E-state index in [1.807, 2.05) is 30.3 Å². The Hall–Kier alpha value is -2.96. The molecule has 20 heavy (non-hydrogen) atoms. The Balaban J connectivity index is 1.88. The van der Waals surface area contributed by atoms with Crippen LogP contribution in [0.25, 0.3) is 11.2 Å². The number of nitrogens with zero attached hydrogens (tertiary/aromatic N) is 3. The number of para-hydroxylation sites is 1. The first-order valence-electron chi connectivity index (χ1n) is 6.03. The lowest BCUT2D eigenvalue weighted by Crippen LogP contribution is -2.15. The number of hydrogen-bond donors (Lipinski definition) is 3. The van der Waals surface area contributed by atoms with E-state index in [9.17, 15) is 4.79 Å². The maximum atomic E-state index is 11.7. The second-order valence-electron chi connectivity index (χ2n) is 4.20. The zero-order valence-electron chi connectivity index (χ0n) is 10.5. The molecular weight excluding hydrogens is 256 g/mol. The molecule has 3 aromatic rings. The summed E-state index contributed by atoms with van der Waals surface area (Å²) in [6, 6.07) is 9.71. The number of aromatic amines is 1. The van der Waals surface area contributed by atoms with Crippen LogP contribution < -0.4 is 16.6 Å². The molecule has 0 saturated heterocycles. The number of rotatable bonds is 3. The quantitative estimate of drug-likeness (QED) is 0.651. The molecule has 7 nitrogen and oxygen atoms in total. The summed E-state index contributed by atoms with van der Waals surface area (Å²) >= 11 is 0. The van der Waals surface area contributed by atoms with Crippen molar-refractivity contribution >= 4 is 22.8 Å². The van der Waals surface area contributed by atoms with Crippen molar-refractivity contribution in [3.05, 3.63) is 52.6 Å². The van der Waals surface area contributed by atoms with Crippen LogP contribution in [-0.4, -0.2) is 19.9 Å². The molecular formula is C13H12N6O. The van der Waals surface area contributed by atoms with Gasteiger partial charge in [0, 0.05) is 5.69 Å². The third-order valence-electron chi connectivity index (χ3n) is 2.73. The molecule has 0 amide bonds. The van der Waals surface area contributed by atoms with Gasteiger partial charge in [-0.15, -0.1) is 0 Å². The Morgan fingerprint density at radius 1 is 1.20 bits per heavy atom. The Morgan fingerprint density at radius 2 is 2.00 bits per heavy atom. The lowest BCUT2D eigenvalue weighted by molar-refractivity contribution is 1.02. The van der Waals surface area contributed by atoms with Gasteiger partial charge in [-0.05, 0) is 12.1 Å². The molecule has 0 fully saturated rings. The van der Waals surface area contributed by atoms with Crippen molar-refractivity contribution in [2.75, 3.05) is 11.1 Å². The van der Waals surface area contributed by atoms with Gasteiger partial charge >= 0.3 is 0 Å². The number of benzene rings is 1. The van der Waals surface area contributed by atoms with E-state index in [2.05, 4.69) is 25.3 Å². The Kier molecular flexibility index (Phi) is 3.00. The van der Waals surface area contributed by atoms with Gasteiger partial charge in [0.05, 0.1) is 18.4 Å². The number of nitrogen functional groups attached to an aromatic ring is 1. The SMILES string of the molecule is Nc1nc2ncc(CNc3ccccc3)nc2c(=O)[nH]1. The van der Waals surface area contributed by atoms with Gasteiger partial charge in [-0.3, -0.25) is 9.78 Å². The van der Waals surface area contributed by atoms with Crippen LogP contribution in [0.15, 0.2) is 41.3 Å². The molecule has 0 radical (unpaired) electrons. The average molecular weight is 268 g/mol. The Morgan fingerprint density at radius 3 is 2.80 bits per heavy atom. The summed E-state index contributed by atoms with van der Waals surface area (Å²) in [6.45, 7) is 0.469. The van der Waals surface area contributed by atoms with E-state index < -0.39 is 0 Å². The highest BCUT2D eigenvalue weighted by Crippen LogP contribution is 2.08. The molecule has 0 aliphatic heterocycles. The molecule has 7 heteroatoms. The van der Waals surface area contributed by atoms with E-state index in [1.165, 1.54) is 0 Å². The van der Waals surface area contributed by atoms with Crippen LogP contribution in [0.1, 0.15) is 5.69 Å². The highest BCUT2D eigenvalue weighted by Gasteiger charge is 2.06. The summed E-state index contributed by atoms with van der Waals surface area (Å²) in [6.07, 6.45) is 1.57. The van der Waals surface area contributed by atoms with Crippen molar-refractivity contribution in [1.29, 1.82) is 0 Å². The standard InChI is InChI=1S/C13H12N6O/c14-13-18-11-10(12(20)19-13)17-9(7-16-11)6-15-8-4-2-1-3-5-8/h1-5,7,15H,6H2,(H3,14,16,18,19,20). The molecule has 2 heterocycles. The number of nitrogens with one attached hydrogen (secondary N) is 2. The van der Waals surface area contributed by atoms with Gasteiger partial charge in [0.15, 0.2) is 11.2 Å². The summed E-state index contributed by atoms with van der Waals surface area (Å²) in [5.41, 5.74) is 7.12. The van der Waals surface area contributed by atoms with Gasteiger partial charge in [-0.2, -0.15) is 4.98 Å². The summed E-state index contributed by atoms with van der Waals surface area (Å²) in [4.78, 5) is 26.4. The lowest BCUT2D eigenvalue weighted by atomic mass is 10.3. The highest BCUT2D eigenvalue weighted by molar-refractivity contribution is 5.69. The molecule has 0 bridgehead atoms. The lowest BCUT2D eigenvalue weighted by Gasteiger charge is -2.05. The maximum Gasteiger partial charge on any atom is 0.280 e. The van der Waals surface area contributed by atoms with Crippen molar-refractivity contribution in [2.24, 2.45) is 0 Å². The van der Waals surface area contributed by atoms with Gasteiger partial charge in [-0.1, -0.05) is 18.2 Å². The van der Waals surface area contributed by atoms with E-state index in [-0.39, 0.29) is 22.7 Å². The van der Waals surface area contributed by atoms with Crippen molar-refractivity contribution in [1.82, 2.24) is 19.9 Å². The molecule has 0 unspecified atom stereocenters. The molecule has 0 aliphatic rings. The predicted octanol–water partition coefficient (Wildman–Crippen LogP) is 0.907. The third-order valence-corrected chi connectivity index (χ3v) is 2.73. The number of hydrogen-bond acceptors (Lipinski definition) is 6. The molecule has 2 aromatic heterocycles. The van der Waals surface area contributed by atoms with Gasteiger partial charge in [0.2, 0.25) is 5.95 Å².